The summed E-state index contributed by atoms with van der Waals surface area (Å²) in [5.74, 6) is 0.965. The Morgan fingerprint density at radius 1 is 1.19 bits per heavy atom. The van der Waals surface area contributed by atoms with Crippen LogP contribution in [0.3, 0.4) is 0 Å². The molecule has 0 amide bonds. The Balaban J connectivity index is 2.47. The number of hydrogen-bond donors (Lipinski definition) is 0. The minimum Gasteiger partial charge on any atom is -0.249 e. The van der Waals surface area contributed by atoms with Crippen LogP contribution in [0.4, 0.5) is 0 Å². The normalized spacial score (nSPS) is 11.9. The summed E-state index contributed by atoms with van der Waals surface area (Å²) in [4.78, 5) is 9.01. The van der Waals surface area contributed by atoms with Crippen LogP contribution in [0.15, 0.2) is 12.4 Å². The van der Waals surface area contributed by atoms with E-state index >= 15 is 0 Å². The summed E-state index contributed by atoms with van der Waals surface area (Å²) < 4.78 is 1.94. The molecule has 0 spiro atoms. The monoisotopic (exact) mass is 218 g/mol. The van der Waals surface area contributed by atoms with Gasteiger partial charge in [-0.05, 0) is 11.8 Å². The molecule has 0 aliphatic rings. The molecule has 0 atom stereocenters. The van der Waals surface area contributed by atoms with Crippen molar-refractivity contribution in [1.82, 2.24) is 19.7 Å². The number of nitrogens with zero attached hydrogens (tertiary/aromatic N) is 4. The van der Waals surface area contributed by atoms with Gasteiger partial charge in [0, 0.05) is 12.7 Å². The SMILES string of the molecule is CC(C)Cn1ncc2ncc(C(C)C)nc21. The van der Waals surface area contributed by atoms with Crippen LogP contribution < -0.4 is 0 Å². The first-order valence-electron chi connectivity index (χ1n) is 5.76. The third-order valence-electron chi connectivity index (χ3n) is 2.49. The zero-order valence-corrected chi connectivity index (χ0v) is 10.3. The van der Waals surface area contributed by atoms with Gasteiger partial charge >= 0.3 is 0 Å². The summed E-state index contributed by atoms with van der Waals surface area (Å²) in [6.07, 6.45) is 3.63. The largest absolute Gasteiger partial charge is 0.249 e. The lowest BCUT2D eigenvalue weighted by Crippen LogP contribution is -2.07. The molecule has 2 heterocycles. The second kappa shape index (κ2) is 4.20. The van der Waals surface area contributed by atoms with Gasteiger partial charge in [-0.15, -0.1) is 0 Å². The van der Waals surface area contributed by atoms with Gasteiger partial charge in [0.2, 0.25) is 0 Å². The summed E-state index contributed by atoms with van der Waals surface area (Å²) >= 11 is 0. The molecule has 0 saturated carbocycles. The fraction of sp³-hybridized carbons (Fsp3) is 0.583. The van der Waals surface area contributed by atoms with Crippen molar-refractivity contribution in [3.63, 3.8) is 0 Å². The second-order valence-corrected chi connectivity index (χ2v) is 4.88. The van der Waals surface area contributed by atoms with Gasteiger partial charge in [-0.2, -0.15) is 5.10 Å². The van der Waals surface area contributed by atoms with Crippen molar-refractivity contribution in [3.05, 3.63) is 18.1 Å². The molecule has 2 aromatic rings. The molecule has 4 nitrogen and oxygen atoms in total. The molecular formula is C12H18N4. The van der Waals surface area contributed by atoms with Gasteiger partial charge in [0.15, 0.2) is 5.65 Å². The first-order chi connectivity index (χ1) is 7.58. The van der Waals surface area contributed by atoms with E-state index in [1.54, 1.807) is 6.20 Å². The minimum absolute atomic E-state index is 0.402. The number of fused-ring (bicyclic) bond motifs is 1. The third-order valence-corrected chi connectivity index (χ3v) is 2.49. The van der Waals surface area contributed by atoms with E-state index in [1.165, 1.54) is 0 Å². The lowest BCUT2D eigenvalue weighted by Gasteiger charge is -2.07. The smallest absolute Gasteiger partial charge is 0.177 e. The molecular weight excluding hydrogens is 200 g/mol. The van der Waals surface area contributed by atoms with Crippen molar-refractivity contribution >= 4 is 11.2 Å². The van der Waals surface area contributed by atoms with Crippen LogP contribution >= 0.6 is 0 Å². The standard InChI is InChI=1S/C12H18N4/c1-8(2)7-16-12-11(6-14-16)13-5-10(15-12)9(3)4/h5-6,8-9H,7H2,1-4H3. The summed E-state index contributed by atoms with van der Waals surface area (Å²) in [7, 11) is 0. The molecule has 2 rings (SSSR count). The van der Waals surface area contributed by atoms with Gasteiger partial charge in [0.25, 0.3) is 0 Å². The first kappa shape index (κ1) is 11.0. The van der Waals surface area contributed by atoms with E-state index < -0.39 is 0 Å². The highest BCUT2D eigenvalue weighted by Gasteiger charge is 2.09. The molecule has 4 heteroatoms. The van der Waals surface area contributed by atoms with Crippen LogP contribution in [0.2, 0.25) is 0 Å². The Morgan fingerprint density at radius 2 is 1.94 bits per heavy atom. The Labute approximate surface area is 95.7 Å². The second-order valence-electron chi connectivity index (χ2n) is 4.88. The maximum atomic E-state index is 4.63. The average molecular weight is 218 g/mol. The number of hydrogen-bond acceptors (Lipinski definition) is 3. The van der Waals surface area contributed by atoms with E-state index in [4.69, 9.17) is 0 Å². The zero-order chi connectivity index (χ0) is 11.7. The molecule has 0 saturated heterocycles. The molecule has 0 unspecified atom stereocenters. The van der Waals surface area contributed by atoms with Crippen molar-refractivity contribution in [1.29, 1.82) is 0 Å². The highest BCUT2D eigenvalue weighted by atomic mass is 15.3. The topological polar surface area (TPSA) is 43.6 Å². The predicted octanol–water partition coefficient (Wildman–Crippen LogP) is 2.61. The quantitative estimate of drug-likeness (QED) is 0.795. The molecule has 0 bridgehead atoms. The van der Waals surface area contributed by atoms with Gasteiger partial charge in [0.1, 0.15) is 5.52 Å². The predicted molar refractivity (Wildman–Crippen MR) is 64.3 cm³/mol. The summed E-state index contributed by atoms with van der Waals surface area (Å²) in [5, 5.41) is 4.33. The third kappa shape index (κ3) is 2.05. The van der Waals surface area contributed by atoms with Crippen molar-refractivity contribution in [2.24, 2.45) is 5.92 Å². The van der Waals surface area contributed by atoms with E-state index in [1.807, 2.05) is 10.9 Å². The molecule has 16 heavy (non-hydrogen) atoms. The lowest BCUT2D eigenvalue weighted by atomic mass is 10.1. The van der Waals surface area contributed by atoms with Crippen molar-refractivity contribution in [2.45, 2.75) is 40.2 Å². The molecule has 0 fully saturated rings. The Hall–Kier alpha value is -1.45. The van der Waals surface area contributed by atoms with Crippen molar-refractivity contribution < 1.29 is 0 Å². The summed E-state index contributed by atoms with van der Waals surface area (Å²) in [6.45, 7) is 9.48. The molecule has 86 valence electrons. The maximum Gasteiger partial charge on any atom is 0.177 e. The molecule has 0 aliphatic heterocycles. The lowest BCUT2D eigenvalue weighted by molar-refractivity contribution is 0.492. The Kier molecular flexibility index (Phi) is 2.90. The van der Waals surface area contributed by atoms with Gasteiger partial charge in [-0.3, -0.25) is 0 Å². The fourth-order valence-corrected chi connectivity index (χ4v) is 1.62. The number of aromatic nitrogens is 4. The molecule has 0 aliphatic carbocycles. The average Bonchev–Trinajstić information content (AvgIpc) is 2.60. The zero-order valence-electron chi connectivity index (χ0n) is 10.3. The van der Waals surface area contributed by atoms with E-state index in [0.717, 1.165) is 23.4 Å². The van der Waals surface area contributed by atoms with Crippen LogP contribution in [0.1, 0.15) is 39.3 Å². The van der Waals surface area contributed by atoms with Crippen LogP contribution in [0.5, 0.6) is 0 Å². The first-order valence-corrected chi connectivity index (χ1v) is 5.76. The molecule has 2 aromatic heterocycles. The maximum absolute atomic E-state index is 4.63. The van der Waals surface area contributed by atoms with E-state index in [0.29, 0.717) is 11.8 Å². The highest BCUT2D eigenvalue weighted by molar-refractivity contribution is 5.69. The van der Waals surface area contributed by atoms with Gasteiger partial charge in [-0.25, -0.2) is 14.6 Å². The molecule has 0 aromatic carbocycles. The highest BCUT2D eigenvalue weighted by Crippen LogP contribution is 2.15. The van der Waals surface area contributed by atoms with E-state index in [9.17, 15) is 0 Å². The van der Waals surface area contributed by atoms with Crippen molar-refractivity contribution in [3.8, 4) is 0 Å². The minimum atomic E-state index is 0.402. The van der Waals surface area contributed by atoms with Gasteiger partial charge in [0.05, 0.1) is 11.9 Å². The fourth-order valence-electron chi connectivity index (χ4n) is 1.62. The van der Waals surface area contributed by atoms with Gasteiger partial charge in [-0.1, -0.05) is 27.7 Å². The van der Waals surface area contributed by atoms with Crippen LogP contribution in [0, 0.1) is 5.92 Å². The Bertz CT molecular complexity index is 485. The summed E-state index contributed by atoms with van der Waals surface area (Å²) in [6, 6.07) is 0. The van der Waals surface area contributed by atoms with E-state index in [2.05, 4.69) is 42.8 Å². The van der Waals surface area contributed by atoms with Crippen LogP contribution in [-0.4, -0.2) is 19.7 Å². The van der Waals surface area contributed by atoms with Crippen LogP contribution in [0.25, 0.3) is 11.2 Å². The van der Waals surface area contributed by atoms with Crippen LogP contribution in [-0.2, 0) is 6.54 Å². The molecule has 0 radical (unpaired) electrons. The van der Waals surface area contributed by atoms with Gasteiger partial charge < -0.3 is 0 Å². The van der Waals surface area contributed by atoms with E-state index in [-0.39, 0.29) is 0 Å². The summed E-state index contributed by atoms with van der Waals surface area (Å²) in [5.41, 5.74) is 2.81. The molecule has 0 N–H and O–H groups in total. The number of rotatable bonds is 3. The van der Waals surface area contributed by atoms with Crippen molar-refractivity contribution in [2.75, 3.05) is 0 Å². The Morgan fingerprint density at radius 3 is 2.56 bits per heavy atom.